The number of nitrogens with one attached hydrogen (secondary N) is 1. The lowest BCUT2D eigenvalue weighted by Crippen LogP contribution is -2.09. The lowest BCUT2D eigenvalue weighted by molar-refractivity contribution is 0.631. The van der Waals surface area contributed by atoms with E-state index in [9.17, 15) is 9.18 Å². The third-order valence-corrected chi connectivity index (χ3v) is 3.12. The lowest BCUT2D eigenvalue weighted by Gasteiger charge is -2.03. The highest BCUT2D eigenvalue weighted by Crippen LogP contribution is 2.21. The van der Waals surface area contributed by atoms with Crippen LogP contribution in [-0.4, -0.2) is 9.97 Å². The number of rotatable bonds is 3. The van der Waals surface area contributed by atoms with Crippen LogP contribution < -0.4 is 17.0 Å². The number of anilines is 2. The van der Waals surface area contributed by atoms with Gasteiger partial charge in [-0.05, 0) is 17.7 Å². The second kappa shape index (κ2) is 5.09. The quantitative estimate of drug-likeness (QED) is 0.443. The number of thioether (sulfide) groups is 1. The molecule has 0 saturated heterocycles. The van der Waals surface area contributed by atoms with Crippen molar-refractivity contribution in [2.75, 3.05) is 11.5 Å². The van der Waals surface area contributed by atoms with Gasteiger partial charge in [0.1, 0.15) is 11.6 Å². The van der Waals surface area contributed by atoms with Gasteiger partial charge in [-0.15, -0.1) is 0 Å². The zero-order chi connectivity index (χ0) is 13.1. The molecule has 0 aliphatic heterocycles. The van der Waals surface area contributed by atoms with Gasteiger partial charge in [-0.2, -0.15) is 0 Å². The summed E-state index contributed by atoms with van der Waals surface area (Å²) >= 11 is 1.26. The molecule has 0 aliphatic carbocycles. The van der Waals surface area contributed by atoms with E-state index < -0.39 is 5.82 Å². The summed E-state index contributed by atoms with van der Waals surface area (Å²) in [6, 6.07) is 5.77. The number of aromatic amines is 1. The molecule has 0 unspecified atom stereocenters. The van der Waals surface area contributed by atoms with Gasteiger partial charge in [0.2, 0.25) is 0 Å². The van der Waals surface area contributed by atoms with E-state index in [1.165, 1.54) is 30.0 Å². The van der Waals surface area contributed by atoms with Crippen molar-refractivity contribution in [3.8, 4) is 0 Å². The molecule has 18 heavy (non-hydrogen) atoms. The van der Waals surface area contributed by atoms with Gasteiger partial charge >= 0.3 is 0 Å². The van der Waals surface area contributed by atoms with Crippen molar-refractivity contribution in [3.63, 3.8) is 0 Å². The van der Waals surface area contributed by atoms with Crippen molar-refractivity contribution in [2.45, 2.75) is 10.9 Å². The van der Waals surface area contributed by atoms with Crippen LogP contribution in [0, 0.1) is 5.82 Å². The SMILES string of the molecule is Nc1cc(=O)[nH]c(SCc2ccc(N)c(F)c2)n1. The molecular weight excluding hydrogens is 255 g/mol. The topological polar surface area (TPSA) is 97.8 Å². The largest absolute Gasteiger partial charge is 0.396 e. The summed E-state index contributed by atoms with van der Waals surface area (Å²) in [5.74, 6) is 0.163. The second-order valence-electron chi connectivity index (χ2n) is 3.62. The van der Waals surface area contributed by atoms with Gasteiger partial charge in [0.25, 0.3) is 5.56 Å². The molecule has 5 nitrogen and oxygen atoms in total. The fourth-order valence-corrected chi connectivity index (χ4v) is 2.16. The Bertz CT molecular complexity index is 629. The van der Waals surface area contributed by atoms with E-state index in [2.05, 4.69) is 9.97 Å². The summed E-state index contributed by atoms with van der Waals surface area (Å²) in [5.41, 5.74) is 11.4. The Kier molecular flexibility index (Phi) is 3.52. The Morgan fingerprint density at radius 1 is 1.33 bits per heavy atom. The number of halogens is 1. The van der Waals surface area contributed by atoms with Gasteiger partial charge < -0.3 is 16.5 Å². The van der Waals surface area contributed by atoms with Crippen molar-refractivity contribution in [1.82, 2.24) is 9.97 Å². The molecule has 0 atom stereocenters. The molecule has 0 aliphatic rings. The molecule has 0 saturated carbocycles. The predicted molar refractivity (Wildman–Crippen MR) is 69.6 cm³/mol. The average molecular weight is 266 g/mol. The van der Waals surface area contributed by atoms with E-state index in [1.807, 2.05) is 0 Å². The minimum absolute atomic E-state index is 0.110. The highest BCUT2D eigenvalue weighted by atomic mass is 32.2. The van der Waals surface area contributed by atoms with Crippen molar-refractivity contribution in [3.05, 3.63) is 46.0 Å². The summed E-state index contributed by atoms with van der Waals surface area (Å²) in [4.78, 5) is 17.7. The summed E-state index contributed by atoms with van der Waals surface area (Å²) in [7, 11) is 0. The molecule has 1 heterocycles. The summed E-state index contributed by atoms with van der Waals surface area (Å²) in [6.45, 7) is 0. The Morgan fingerprint density at radius 2 is 2.11 bits per heavy atom. The van der Waals surface area contributed by atoms with E-state index >= 15 is 0 Å². The van der Waals surface area contributed by atoms with Gasteiger partial charge in [0.15, 0.2) is 5.16 Å². The molecule has 0 fully saturated rings. The first-order valence-electron chi connectivity index (χ1n) is 5.08. The number of benzene rings is 1. The van der Waals surface area contributed by atoms with Gasteiger partial charge in [-0.1, -0.05) is 17.8 Å². The van der Waals surface area contributed by atoms with Crippen LogP contribution in [0.4, 0.5) is 15.9 Å². The van der Waals surface area contributed by atoms with E-state index in [0.29, 0.717) is 10.9 Å². The molecular formula is C11H11FN4OS. The zero-order valence-electron chi connectivity index (χ0n) is 9.31. The molecule has 94 valence electrons. The van der Waals surface area contributed by atoms with E-state index in [0.717, 1.165) is 5.56 Å². The molecule has 7 heteroatoms. The molecule has 0 amide bonds. The molecule has 1 aromatic heterocycles. The first-order chi connectivity index (χ1) is 8.54. The molecule has 0 spiro atoms. The Morgan fingerprint density at radius 3 is 2.78 bits per heavy atom. The molecule has 2 rings (SSSR count). The highest BCUT2D eigenvalue weighted by Gasteiger charge is 2.03. The van der Waals surface area contributed by atoms with E-state index in [-0.39, 0.29) is 17.1 Å². The first kappa shape index (κ1) is 12.4. The van der Waals surface area contributed by atoms with Crippen molar-refractivity contribution in [2.24, 2.45) is 0 Å². The van der Waals surface area contributed by atoms with Crippen LogP contribution in [0.5, 0.6) is 0 Å². The van der Waals surface area contributed by atoms with Crippen LogP contribution in [0.15, 0.2) is 34.2 Å². The van der Waals surface area contributed by atoms with Gasteiger partial charge in [-0.25, -0.2) is 9.37 Å². The average Bonchev–Trinajstić information content (AvgIpc) is 2.29. The maximum atomic E-state index is 13.2. The summed E-state index contributed by atoms with van der Waals surface area (Å²) < 4.78 is 13.2. The number of aromatic nitrogens is 2. The monoisotopic (exact) mass is 266 g/mol. The lowest BCUT2D eigenvalue weighted by atomic mass is 10.2. The van der Waals surface area contributed by atoms with Crippen LogP contribution in [0.25, 0.3) is 0 Å². The smallest absolute Gasteiger partial charge is 0.253 e. The maximum absolute atomic E-state index is 13.2. The number of H-pyrrole nitrogens is 1. The molecule has 5 N–H and O–H groups in total. The molecule has 0 radical (unpaired) electrons. The standard InChI is InChI=1S/C11H11FN4OS/c12-7-3-6(1-2-8(7)13)5-18-11-15-9(14)4-10(17)16-11/h1-4H,5,13H2,(H3,14,15,16,17). The minimum Gasteiger partial charge on any atom is -0.396 e. The van der Waals surface area contributed by atoms with Crippen molar-refractivity contribution >= 4 is 23.3 Å². The van der Waals surface area contributed by atoms with Crippen LogP contribution in [-0.2, 0) is 5.75 Å². The van der Waals surface area contributed by atoms with Crippen LogP contribution in [0.3, 0.4) is 0 Å². The first-order valence-corrected chi connectivity index (χ1v) is 6.07. The maximum Gasteiger partial charge on any atom is 0.253 e. The van der Waals surface area contributed by atoms with Crippen molar-refractivity contribution in [1.29, 1.82) is 0 Å². The second-order valence-corrected chi connectivity index (χ2v) is 4.58. The normalized spacial score (nSPS) is 10.5. The fraction of sp³-hybridized carbons (Fsp3) is 0.0909. The van der Waals surface area contributed by atoms with Gasteiger partial charge in [0, 0.05) is 11.8 Å². The Labute approximate surface area is 106 Å². The van der Waals surface area contributed by atoms with Crippen LogP contribution in [0.2, 0.25) is 0 Å². The summed E-state index contributed by atoms with van der Waals surface area (Å²) in [6.07, 6.45) is 0. The number of hydrogen-bond donors (Lipinski definition) is 3. The summed E-state index contributed by atoms with van der Waals surface area (Å²) in [5, 5.41) is 0.400. The molecule has 0 bridgehead atoms. The number of nitrogens with two attached hydrogens (primary N) is 2. The molecule has 2 aromatic rings. The van der Waals surface area contributed by atoms with E-state index in [1.54, 1.807) is 6.07 Å². The number of hydrogen-bond acceptors (Lipinski definition) is 5. The fourth-order valence-electron chi connectivity index (χ4n) is 1.33. The molecule has 1 aromatic carbocycles. The van der Waals surface area contributed by atoms with Gasteiger partial charge in [0.05, 0.1) is 5.69 Å². The third kappa shape index (κ3) is 3.01. The zero-order valence-corrected chi connectivity index (χ0v) is 10.1. The van der Waals surface area contributed by atoms with Crippen LogP contribution in [0.1, 0.15) is 5.56 Å². The number of nitrogens with zero attached hydrogens (tertiary/aromatic N) is 1. The predicted octanol–water partition coefficient (Wildman–Crippen LogP) is 1.37. The highest BCUT2D eigenvalue weighted by molar-refractivity contribution is 7.98. The third-order valence-electron chi connectivity index (χ3n) is 2.18. The number of nitrogen functional groups attached to an aromatic ring is 2. The van der Waals surface area contributed by atoms with Crippen molar-refractivity contribution < 1.29 is 4.39 Å². The van der Waals surface area contributed by atoms with E-state index in [4.69, 9.17) is 11.5 Å². The minimum atomic E-state index is -0.456. The van der Waals surface area contributed by atoms with Crippen LogP contribution >= 0.6 is 11.8 Å². The Hall–Kier alpha value is -2.02. The van der Waals surface area contributed by atoms with Gasteiger partial charge in [-0.3, -0.25) is 4.79 Å². The Balaban J connectivity index is 2.11.